The predicted octanol–water partition coefficient (Wildman–Crippen LogP) is 2.40. The normalized spacial score (nSPS) is 11.3. The smallest absolute Gasteiger partial charge is 0.277 e. The van der Waals surface area contributed by atoms with Gasteiger partial charge in [-0.05, 0) is 30.2 Å². The van der Waals surface area contributed by atoms with Gasteiger partial charge >= 0.3 is 0 Å². The molecule has 22 heavy (non-hydrogen) atoms. The van der Waals surface area contributed by atoms with Crippen molar-refractivity contribution in [3.05, 3.63) is 76.7 Å². The molecule has 0 amide bonds. The van der Waals surface area contributed by atoms with E-state index in [0.29, 0.717) is 12.1 Å². The summed E-state index contributed by atoms with van der Waals surface area (Å²) in [6, 6.07) is 9.84. The van der Waals surface area contributed by atoms with Crippen molar-refractivity contribution in [1.29, 1.82) is 0 Å². The minimum Gasteiger partial charge on any atom is -0.300 e. The van der Waals surface area contributed by atoms with Crippen LogP contribution >= 0.6 is 0 Å². The quantitative estimate of drug-likeness (QED) is 0.569. The third-order valence-corrected chi connectivity index (χ3v) is 3.91. The minimum absolute atomic E-state index is 0.0422. The first kappa shape index (κ1) is 12.8. The molecular formula is C17H14N4O. The molecular weight excluding hydrogens is 276 g/mol. The maximum absolute atomic E-state index is 12.8. The first-order valence-electron chi connectivity index (χ1n) is 7.09. The molecule has 5 heteroatoms. The molecule has 0 saturated heterocycles. The average Bonchev–Trinajstić information content (AvgIpc) is 3.02. The van der Waals surface area contributed by atoms with Crippen molar-refractivity contribution in [3.63, 3.8) is 0 Å². The van der Waals surface area contributed by atoms with Crippen molar-refractivity contribution >= 4 is 16.6 Å². The van der Waals surface area contributed by atoms with Crippen molar-refractivity contribution in [1.82, 2.24) is 18.9 Å². The van der Waals surface area contributed by atoms with Gasteiger partial charge < -0.3 is 4.57 Å². The summed E-state index contributed by atoms with van der Waals surface area (Å²) >= 11 is 0. The van der Waals surface area contributed by atoms with Crippen LogP contribution in [0.1, 0.15) is 11.1 Å². The molecule has 0 aliphatic rings. The second-order valence-corrected chi connectivity index (χ2v) is 5.34. The Morgan fingerprint density at radius 1 is 1.05 bits per heavy atom. The van der Waals surface area contributed by atoms with Gasteiger partial charge in [-0.25, -0.2) is 4.98 Å². The topological polar surface area (TPSA) is 52.2 Å². The molecule has 108 valence electrons. The van der Waals surface area contributed by atoms with Crippen LogP contribution in [-0.2, 0) is 6.54 Å². The number of aryl methyl sites for hydroxylation is 1. The number of hydrogen-bond donors (Lipinski definition) is 0. The maximum atomic E-state index is 12.8. The van der Waals surface area contributed by atoms with Crippen LogP contribution in [0.25, 0.3) is 16.6 Å². The monoisotopic (exact) mass is 290 g/mol. The molecule has 5 nitrogen and oxygen atoms in total. The summed E-state index contributed by atoms with van der Waals surface area (Å²) in [6.07, 6.45) is 6.83. The molecule has 0 saturated carbocycles. The fraction of sp³-hybridized carbons (Fsp3) is 0.118. The number of pyridine rings is 1. The van der Waals surface area contributed by atoms with Gasteiger partial charge in [0, 0.05) is 12.4 Å². The van der Waals surface area contributed by atoms with Gasteiger partial charge in [-0.1, -0.05) is 18.2 Å². The molecule has 0 radical (unpaired) electrons. The highest BCUT2D eigenvalue weighted by Crippen LogP contribution is 2.19. The Balaban J connectivity index is 2.09. The molecule has 0 bridgehead atoms. The summed E-state index contributed by atoms with van der Waals surface area (Å²) in [5.74, 6) is 0. The number of aromatic nitrogens is 4. The van der Waals surface area contributed by atoms with E-state index in [0.717, 1.165) is 22.2 Å². The lowest BCUT2D eigenvalue weighted by atomic mass is 10.1. The first-order chi connectivity index (χ1) is 10.8. The predicted molar refractivity (Wildman–Crippen MR) is 85.0 cm³/mol. The second kappa shape index (κ2) is 4.80. The van der Waals surface area contributed by atoms with Crippen molar-refractivity contribution in [2.45, 2.75) is 13.5 Å². The minimum atomic E-state index is -0.0422. The number of nitrogens with zero attached hydrogens (tertiary/aromatic N) is 4. The molecule has 0 aliphatic carbocycles. The second-order valence-electron chi connectivity index (χ2n) is 5.34. The number of imidazole rings is 1. The Labute approximate surface area is 126 Å². The highest BCUT2D eigenvalue weighted by Gasteiger charge is 2.12. The van der Waals surface area contributed by atoms with E-state index in [1.54, 1.807) is 29.5 Å². The highest BCUT2D eigenvalue weighted by molar-refractivity contribution is 5.81. The van der Waals surface area contributed by atoms with Crippen LogP contribution in [0.15, 0.2) is 60.0 Å². The maximum Gasteiger partial charge on any atom is 0.277 e. The molecule has 0 spiro atoms. The Kier molecular flexibility index (Phi) is 2.79. The Morgan fingerprint density at radius 3 is 2.77 bits per heavy atom. The Bertz CT molecular complexity index is 1030. The van der Waals surface area contributed by atoms with Gasteiger partial charge in [-0.2, -0.15) is 0 Å². The van der Waals surface area contributed by atoms with Crippen LogP contribution in [0.5, 0.6) is 0 Å². The van der Waals surface area contributed by atoms with Gasteiger partial charge in [0.1, 0.15) is 5.52 Å². The van der Waals surface area contributed by atoms with E-state index in [4.69, 9.17) is 0 Å². The lowest BCUT2D eigenvalue weighted by molar-refractivity contribution is 0.789. The van der Waals surface area contributed by atoms with Crippen molar-refractivity contribution < 1.29 is 0 Å². The third-order valence-electron chi connectivity index (χ3n) is 3.91. The summed E-state index contributed by atoms with van der Waals surface area (Å²) in [4.78, 5) is 21.1. The molecule has 0 unspecified atom stereocenters. The van der Waals surface area contributed by atoms with Crippen LogP contribution < -0.4 is 5.56 Å². The van der Waals surface area contributed by atoms with Crippen LogP contribution in [0.2, 0.25) is 0 Å². The summed E-state index contributed by atoms with van der Waals surface area (Å²) in [6.45, 7) is 2.54. The van der Waals surface area contributed by atoms with Gasteiger partial charge in [0.2, 0.25) is 0 Å². The molecule has 1 aromatic carbocycles. The SMILES string of the molecule is Cc1cccc2c1n1cncc1c(=O)n2Cc1cccnc1. The van der Waals surface area contributed by atoms with E-state index in [-0.39, 0.29) is 5.56 Å². The molecule has 4 aromatic rings. The van der Waals surface area contributed by atoms with Gasteiger partial charge in [-0.3, -0.25) is 14.2 Å². The van der Waals surface area contributed by atoms with Crippen LogP contribution in [-0.4, -0.2) is 18.9 Å². The standard InChI is InChI=1S/C17H14N4O/c1-12-4-2-6-14-16(12)21-11-19-9-15(21)17(22)20(14)10-13-5-3-7-18-8-13/h2-9,11H,10H2,1H3. The van der Waals surface area contributed by atoms with Crippen molar-refractivity contribution in [3.8, 4) is 0 Å². The summed E-state index contributed by atoms with van der Waals surface area (Å²) in [7, 11) is 0. The summed E-state index contributed by atoms with van der Waals surface area (Å²) < 4.78 is 3.66. The van der Waals surface area contributed by atoms with E-state index in [1.165, 1.54) is 0 Å². The highest BCUT2D eigenvalue weighted by atomic mass is 16.1. The van der Waals surface area contributed by atoms with E-state index >= 15 is 0 Å². The van der Waals surface area contributed by atoms with E-state index < -0.39 is 0 Å². The van der Waals surface area contributed by atoms with E-state index in [2.05, 4.69) is 9.97 Å². The largest absolute Gasteiger partial charge is 0.300 e. The molecule has 0 fully saturated rings. The fourth-order valence-electron chi connectivity index (χ4n) is 2.89. The third kappa shape index (κ3) is 1.83. The summed E-state index contributed by atoms with van der Waals surface area (Å²) in [5, 5.41) is 0. The lowest BCUT2D eigenvalue weighted by Gasteiger charge is -2.13. The van der Waals surface area contributed by atoms with Crippen LogP contribution in [0, 0.1) is 6.92 Å². The number of para-hydroxylation sites is 1. The molecule has 3 aromatic heterocycles. The van der Waals surface area contributed by atoms with Crippen molar-refractivity contribution in [2.24, 2.45) is 0 Å². The molecule has 3 heterocycles. The zero-order chi connectivity index (χ0) is 15.1. The zero-order valence-corrected chi connectivity index (χ0v) is 12.1. The number of benzene rings is 1. The summed E-state index contributed by atoms with van der Waals surface area (Å²) in [5.41, 5.74) is 4.57. The fourth-order valence-corrected chi connectivity index (χ4v) is 2.89. The molecule has 4 rings (SSSR count). The first-order valence-corrected chi connectivity index (χ1v) is 7.09. The van der Waals surface area contributed by atoms with E-state index in [1.807, 2.05) is 41.7 Å². The van der Waals surface area contributed by atoms with Gasteiger partial charge in [0.15, 0.2) is 0 Å². The van der Waals surface area contributed by atoms with Gasteiger partial charge in [0.05, 0.1) is 30.1 Å². The number of rotatable bonds is 2. The Hall–Kier alpha value is -2.95. The molecule has 0 atom stereocenters. The molecule has 0 N–H and O–H groups in total. The van der Waals surface area contributed by atoms with Gasteiger partial charge in [0.25, 0.3) is 5.56 Å². The number of hydrogen-bond acceptors (Lipinski definition) is 3. The Morgan fingerprint density at radius 2 is 1.95 bits per heavy atom. The lowest BCUT2D eigenvalue weighted by Crippen LogP contribution is -2.23. The van der Waals surface area contributed by atoms with E-state index in [9.17, 15) is 4.79 Å². The van der Waals surface area contributed by atoms with Crippen LogP contribution in [0.4, 0.5) is 0 Å². The zero-order valence-electron chi connectivity index (χ0n) is 12.1. The van der Waals surface area contributed by atoms with Gasteiger partial charge in [-0.15, -0.1) is 0 Å². The van der Waals surface area contributed by atoms with Crippen molar-refractivity contribution in [2.75, 3.05) is 0 Å². The van der Waals surface area contributed by atoms with Crippen LogP contribution in [0.3, 0.4) is 0 Å². The number of fused-ring (bicyclic) bond motifs is 3. The average molecular weight is 290 g/mol. The molecule has 0 aliphatic heterocycles.